The molecule has 128 valence electrons. The summed E-state index contributed by atoms with van der Waals surface area (Å²) in [6, 6.07) is 11.2. The van der Waals surface area contributed by atoms with Crippen molar-refractivity contribution in [3.05, 3.63) is 69.3 Å². The summed E-state index contributed by atoms with van der Waals surface area (Å²) in [5.74, 6) is -1.69. The molecule has 8 heteroatoms. The van der Waals surface area contributed by atoms with Gasteiger partial charge < -0.3 is 15.8 Å². The van der Waals surface area contributed by atoms with E-state index in [1.54, 1.807) is 0 Å². The van der Waals surface area contributed by atoms with E-state index in [0.717, 1.165) is 17.3 Å². The molecule has 0 saturated heterocycles. The summed E-state index contributed by atoms with van der Waals surface area (Å²) in [6.07, 6.45) is 0. The quantitative estimate of drug-likeness (QED) is 0.486. The fourth-order valence-corrected chi connectivity index (χ4v) is 2.75. The molecular formula is C17H15N3O5. The number of amides is 1. The zero-order valence-electron chi connectivity index (χ0n) is 13.1. The number of benzene rings is 2. The molecule has 2 aromatic carbocycles. The van der Waals surface area contributed by atoms with Crippen LogP contribution in [0.1, 0.15) is 27.4 Å². The van der Waals surface area contributed by atoms with Gasteiger partial charge in [-0.15, -0.1) is 0 Å². The summed E-state index contributed by atoms with van der Waals surface area (Å²) >= 11 is 0. The van der Waals surface area contributed by atoms with E-state index in [0.29, 0.717) is 6.54 Å². The van der Waals surface area contributed by atoms with Gasteiger partial charge in [-0.2, -0.15) is 0 Å². The van der Waals surface area contributed by atoms with Crippen LogP contribution in [0.3, 0.4) is 0 Å². The molecule has 25 heavy (non-hydrogen) atoms. The number of rotatable bonds is 5. The van der Waals surface area contributed by atoms with Crippen molar-refractivity contribution < 1.29 is 19.2 Å². The molecule has 0 fully saturated rings. The number of nitrogens with one attached hydrogen (secondary N) is 1. The lowest BCUT2D eigenvalue weighted by atomic mass is 10.0. The van der Waals surface area contributed by atoms with Gasteiger partial charge in [-0.3, -0.25) is 19.7 Å². The Kier molecular flexibility index (Phi) is 4.34. The maximum Gasteiger partial charge on any atom is 0.315 e. The number of para-hydroxylation sites is 1. The van der Waals surface area contributed by atoms with Crippen LogP contribution >= 0.6 is 0 Å². The van der Waals surface area contributed by atoms with Crippen molar-refractivity contribution in [2.45, 2.75) is 12.5 Å². The monoisotopic (exact) mass is 341 g/mol. The van der Waals surface area contributed by atoms with Crippen molar-refractivity contribution in [1.82, 2.24) is 0 Å². The number of nitro benzene ring substituents is 1. The van der Waals surface area contributed by atoms with Gasteiger partial charge in [0.15, 0.2) is 0 Å². The molecule has 0 bridgehead atoms. The first kappa shape index (κ1) is 16.4. The zero-order chi connectivity index (χ0) is 18.0. The molecule has 1 heterocycles. The Morgan fingerprint density at radius 3 is 2.76 bits per heavy atom. The number of carbonyl (C=O) groups is 2. The van der Waals surface area contributed by atoms with E-state index >= 15 is 0 Å². The number of nitrogens with zero attached hydrogens (tertiary/aromatic N) is 1. The lowest BCUT2D eigenvalue weighted by Crippen LogP contribution is -2.18. The molecule has 1 unspecified atom stereocenters. The highest BCUT2D eigenvalue weighted by Gasteiger charge is 2.30. The predicted octanol–water partition coefficient (Wildman–Crippen LogP) is 1.95. The number of hydrogen-bond acceptors (Lipinski definition) is 6. The Morgan fingerprint density at radius 2 is 2.04 bits per heavy atom. The SMILES string of the molecule is NC(=O)c1ccc(COC(=O)C2CNc3ccccc32)c([N+](=O)[O-])c1. The Labute approximate surface area is 142 Å². The van der Waals surface area contributed by atoms with Crippen LogP contribution in [0.5, 0.6) is 0 Å². The van der Waals surface area contributed by atoms with Crippen molar-refractivity contribution in [2.75, 3.05) is 11.9 Å². The van der Waals surface area contributed by atoms with Gasteiger partial charge in [-0.25, -0.2) is 0 Å². The van der Waals surface area contributed by atoms with Crippen molar-refractivity contribution in [3.8, 4) is 0 Å². The van der Waals surface area contributed by atoms with E-state index in [-0.39, 0.29) is 23.4 Å². The molecule has 3 N–H and O–H groups in total. The van der Waals surface area contributed by atoms with E-state index in [1.807, 2.05) is 24.3 Å². The fraction of sp³-hybridized carbons (Fsp3) is 0.176. The Morgan fingerprint density at radius 1 is 1.28 bits per heavy atom. The van der Waals surface area contributed by atoms with Crippen LogP contribution in [-0.2, 0) is 16.1 Å². The minimum atomic E-state index is -0.764. The summed E-state index contributed by atoms with van der Waals surface area (Å²) in [5.41, 5.74) is 6.75. The van der Waals surface area contributed by atoms with Gasteiger partial charge in [0.25, 0.3) is 5.69 Å². The molecule has 2 aromatic rings. The summed E-state index contributed by atoms with van der Waals surface area (Å²) < 4.78 is 5.26. The molecule has 1 amide bonds. The molecule has 0 saturated carbocycles. The summed E-state index contributed by atoms with van der Waals surface area (Å²) in [4.78, 5) is 34.0. The molecule has 0 aromatic heterocycles. The van der Waals surface area contributed by atoms with Gasteiger partial charge in [0.1, 0.15) is 12.5 Å². The van der Waals surface area contributed by atoms with E-state index < -0.39 is 22.7 Å². The molecule has 3 rings (SSSR count). The van der Waals surface area contributed by atoms with Crippen LogP contribution in [0.15, 0.2) is 42.5 Å². The first-order valence-corrected chi connectivity index (χ1v) is 7.54. The van der Waals surface area contributed by atoms with Gasteiger partial charge >= 0.3 is 5.97 Å². The lowest BCUT2D eigenvalue weighted by Gasteiger charge is -2.11. The minimum absolute atomic E-state index is 0.0238. The predicted molar refractivity (Wildman–Crippen MR) is 89.1 cm³/mol. The number of carbonyl (C=O) groups excluding carboxylic acids is 2. The Bertz CT molecular complexity index is 865. The first-order valence-electron chi connectivity index (χ1n) is 7.54. The van der Waals surface area contributed by atoms with Crippen LogP contribution in [0, 0.1) is 10.1 Å². The van der Waals surface area contributed by atoms with Crippen LogP contribution in [-0.4, -0.2) is 23.3 Å². The highest BCUT2D eigenvalue weighted by molar-refractivity contribution is 5.93. The van der Waals surface area contributed by atoms with Crippen LogP contribution in [0.25, 0.3) is 0 Å². The van der Waals surface area contributed by atoms with Gasteiger partial charge in [0.2, 0.25) is 5.91 Å². The normalized spacial score (nSPS) is 15.1. The zero-order valence-corrected chi connectivity index (χ0v) is 13.1. The third-order valence-corrected chi connectivity index (χ3v) is 4.05. The van der Waals surface area contributed by atoms with Crippen molar-refractivity contribution in [3.63, 3.8) is 0 Å². The molecule has 0 spiro atoms. The van der Waals surface area contributed by atoms with Crippen LogP contribution in [0.2, 0.25) is 0 Å². The van der Waals surface area contributed by atoms with Gasteiger partial charge in [0.05, 0.1) is 10.5 Å². The molecule has 1 aliphatic heterocycles. The number of anilines is 1. The third kappa shape index (κ3) is 3.27. The van der Waals surface area contributed by atoms with Gasteiger partial charge in [-0.1, -0.05) is 18.2 Å². The van der Waals surface area contributed by atoms with E-state index in [1.165, 1.54) is 12.1 Å². The maximum absolute atomic E-state index is 12.3. The number of fused-ring (bicyclic) bond motifs is 1. The van der Waals surface area contributed by atoms with Crippen molar-refractivity contribution in [2.24, 2.45) is 5.73 Å². The largest absolute Gasteiger partial charge is 0.460 e. The molecule has 8 nitrogen and oxygen atoms in total. The topological polar surface area (TPSA) is 125 Å². The van der Waals surface area contributed by atoms with Crippen molar-refractivity contribution in [1.29, 1.82) is 0 Å². The number of nitro groups is 1. The molecule has 0 aliphatic carbocycles. The van der Waals surface area contributed by atoms with E-state index in [9.17, 15) is 19.7 Å². The molecule has 1 atom stereocenters. The number of esters is 1. The van der Waals surface area contributed by atoms with Gasteiger partial charge in [0, 0.05) is 23.9 Å². The average molecular weight is 341 g/mol. The summed E-state index contributed by atoms with van der Waals surface area (Å²) in [5, 5.41) is 14.3. The Hall–Kier alpha value is -3.42. The van der Waals surface area contributed by atoms with Crippen LogP contribution in [0.4, 0.5) is 11.4 Å². The average Bonchev–Trinajstić information content (AvgIpc) is 3.03. The number of nitrogens with two attached hydrogens (primary N) is 1. The Balaban J connectivity index is 1.75. The number of hydrogen-bond donors (Lipinski definition) is 2. The molecular weight excluding hydrogens is 326 g/mol. The second-order valence-electron chi connectivity index (χ2n) is 5.59. The molecule has 1 aliphatic rings. The summed E-state index contributed by atoms with van der Waals surface area (Å²) in [6.45, 7) is 0.160. The molecule has 0 radical (unpaired) electrons. The highest BCUT2D eigenvalue weighted by atomic mass is 16.6. The first-order chi connectivity index (χ1) is 12.0. The van der Waals surface area contributed by atoms with Crippen LogP contribution < -0.4 is 11.1 Å². The fourth-order valence-electron chi connectivity index (χ4n) is 2.75. The standard InChI is InChI=1S/C17H15N3O5/c18-16(21)10-5-6-11(15(7-10)20(23)24)9-25-17(22)13-8-19-14-4-2-1-3-12(13)14/h1-7,13,19H,8-9H2,(H2,18,21). The second-order valence-corrected chi connectivity index (χ2v) is 5.59. The third-order valence-electron chi connectivity index (χ3n) is 4.05. The minimum Gasteiger partial charge on any atom is -0.460 e. The number of ether oxygens (including phenoxy) is 1. The van der Waals surface area contributed by atoms with Gasteiger partial charge in [-0.05, 0) is 23.8 Å². The second kappa shape index (κ2) is 6.60. The van der Waals surface area contributed by atoms with E-state index in [2.05, 4.69) is 5.32 Å². The lowest BCUT2D eigenvalue weighted by molar-refractivity contribution is -0.385. The number of primary amides is 1. The van der Waals surface area contributed by atoms with E-state index in [4.69, 9.17) is 10.5 Å². The maximum atomic E-state index is 12.3. The highest BCUT2D eigenvalue weighted by Crippen LogP contribution is 2.32. The van der Waals surface area contributed by atoms with Crippen molar-refractivity contribution >= 4 is 23.3 Å². The smallest absolute Gasteiger partial charge is 0.315 e. The summed E-state index contributed by atoms with van der Waals surface area (Å²) in [7, 11) is 0.